The lowest BCUT2D eigenvalue weighted by Crippen LogP contribution is -2.11. The van der Waals surface area contributed by atoms with Gasteiger partial charge in [-0.1, -0.05) is 25.1 Å². The summed E-state index contributed by atoms with van der Waals surface area (Å²) in [7, 11) is 0. The van der Waals surface area contributed by atoms with Crippen molar-refractivity contribution < 1.29 is 4.74 Å². The molecule has 2 aromatic rings. The van der Waals surface area contributed by atoms with Gasteiger partial charge in [0.05, 0.1) is 6.54 Å². The van der Waals surface area contributed by atoms with E-state index in [1.807, 2.05) is 34.9 Å². The molecule has 0 fully saturated rings. The van der Waals surface area contributed by atoms with Gasteiger partial charge in [0.2, 0.25) is 5.28 Å². The number of rotatable bonds is 6. The van der Waals surface area contributed by atoms with E-state index in [4.69, 9.17) is 16.3 Å². The Morgan fingerprint density at radius 2 is 2.00 bits per heavy atom. The summed E-state index contributed by atoms with van der Waals surface area (Å²) in [4.78, 5) is 0. The maximum Gasteiger partial charge on any atom is 0.225 e. The summed E-state index contributed by atoms with van der Waals surface area (Å²) < 4.78 is 7.53. The van der Waals surface area contributed by atoms with E-state index in [2.05, 4.69) is 17.1 Å². The number of hydrogen-bond donors (Lipinski definition) is 0. The van der Waals surface area contributed by atoms with Crippen molar-refractivity contribution >= 4 is 11.6 Å². The van der Waals surface area contributed by atoms with Crippen LogP contribution in [-0.2, 0) is 13.0 Å². The zero-order valence-corrected chi connectivity index (χ0v) is 11.1. The van der Waals surface area contributed by atoms with Crippen LogP contribution in [0.4, 0.5) is 0 Å². The summed E-state index contributed by atoms with van der Waals surface area (Å²) in [5, 5.41) is 8.37. The molecule has 0 unspecified atom stereocenters. The van der Waals surface area contributed by atoms with E-state index >= 15 is 0 Å². The highest BCUT2D eigenvalue weighted by molar-refractivity contribution is 6.28. The Balaban J connectivity index is 1.92. The molecule has 1 heterocycles. The fourth-order valence-corrected chi connectivity index (χ4v) is 1.93. The smallest absolute Gasteiger partial charge is 0.225 e. The van der Waals surface area contributed by atoms with Gasteiger partial charge in [0.15, 0.2) is 0 Å². The van der Waals surface area contributed by atoms with Crippen molar-refractivity contribution in [3.05, 3.63) is 41.4 Å². The zero-order chi connectivity index (χ0) is 12.8. The molecule has 4 nitrogen and oxygen atoms in total. The lowest BCUT2D eigenvalue weighted by molar-refractivity contribution is 0.296. The first kappa shape index (κ1) is 12.9. The number of nitrogens with zero attached hydrogens (tertiary/aromatic N) is 3. The van der Waals surface area contributed by atoms with E-state index in [0.717, 1.165) is 24.4 Å². The van der Waals surface area contributed by atoms with Crippen LogP contribution in [0.3, 0.4) is 0 Å². The lowest BCUT2D eigenvalue weighted by Gasteiger charge is -2.09. The number of aromatic nitrogens is 3. The molecule has 0 bridgehead atoms. The normalized spacial score (nSPS) is 10.6. The predicted molar refractivity (Wildman–Crippen MR) is 71.0 cm³/mol. The van der Waals surface area contributed by atoms with Gasteiger partial charge in [-0.2, -0.15) is 0 Å². The van der Waals surface area contributed by atoms with Crippen LogP contribution in [-0.4, -0.2) is 21.4 Å². The summed E-state index contributed by atoms with van der Waals surface area (Å²) >= 11 is 6.00. The summed E-state index contributed by atoms with van der Waals surface area (Å²) in [6.07, 6.45) is 1.90. The van der Waals surface area contributed by atoms with Gasteiger partial charge in [-0.3, -0.25) is 4.57 Å². The number of ether oxygens (including phenoxy) is 1. The van der Waals surface area contributed by atoms with Gasteiger partial charge in [0.25, 0.3) is 0 Å². The number of halogens is 1. The first-order chi connectivity index (χ1) is 8.81. The molecule has 0 spiro atoms. The summed E-state index contributed by atoms with van der Waals surface area (Å²) in [5.74, 6) is 1.78. The molecule has 0 atom stereocenters. The Kier molecular flexibility index (Phi) is 4.59. The van der Waals surface area contributed by atoms with E-state index in [9.17, 15) is 0 Å². The summed E-state index contributed by atoms with van der Waals surface area (Å²) in [6, 6.07) is 9.72. The topological polar surface area (TPSA) is 39.9 Å². The quantitative estimate of drug-likeness (QED) is 0.806. The average molecular weight is 266 g/mol. The maximum absolute atomic E-state index is 6.00. The third-order valence-electron chi connectivity index (χ3n) is 2.58. The maximum atomic E-state index is 6.00. The molecule has 96 valence electrons. The van der Waals surface area contributed by atoms with Gasteiger partial charge in [0, 0.05) is 6.42 Å². The third kappa shape index (κ3) is 3.23. The highest BCUT2D eigenvalue weighted by Gasteiger charge is 2.08. The molecule has 0 radical (unpaired) electrons. The largest absolute Gasteiger partial charge is 0.492 e. The number of para-hydroxylation sites is 1. The van der Waals surface area contributed by atoms with Crippen molar-refractivity contribution in [2.45, 2.75) is 26.3 Å². The van der Waals surface area contributed by atoms with Crippen LogP contribution < -0.4 is 4.74 Å². The van der Waals surface area contributed by atoms with Crippen molar-refractivity contribution in [3.63, 3.8) is 0 Å². The highest BCUT2D eigenvalue weighted by atomic mass is 35.5. The minimum atomic E-state index is 0.426. The second-order valence-corrected chi connectivity index (χ2v) is 4.29. The Bertz CT molecular complexity index is 484. The minimum Gasteiger partial charge on any atom is -0.492 e. The lowest BCUT2D eigenvalue weighted by atomic mass is 10.3. The van der Waals surface area contributed by atoms with Gasteiger partial charge in [-0.25, -0.2) is 0 Å². The molecule has 0 amide bonds. The first-order valence-corrected chi connectivity index (χ1v) is 6.44. The molecule has 5 heteroatoms. The summed E-state index contributed by atoms with van der Waals surface area (Å²) in [6.45, 7) is 3.32. The third-order valence-corrected chi connectivity index (χ3v) is 2.86. The molecule has 0 saturated carbocycles. The van der Waals surface area contributed by atoms with Gasteiger partial charge in [0.1, 0.15) is 18.2 Å². The van der Waals surface area contributed by atoms with Crippen LogP contribution in [0.1, 0.15) is 19.2 Å². The molecule has 0 aliphatic carbocycles. The second kappa shape index (κ2) is 6.40. The van der Waals surface area contributed by atoms with Crippen molar-refractivity contribution in [2.24, 2.45) is 0 Å². The first-order valence-electron chi connectivity index (χ1n) is 6.06. The molecule has 1 aromatic heterocycles. The summed E-state index contributed by atoms with van der Waals surface area (Å²) in [5.41, 5.74) is 0. The zero-order valence-electron chi connectivity index (χ0n) is 10.3. The standard InChI is InChI=1S/C13H16ClN3O/c1-2-6-12-15-16-13(14)17(12)9-10-18-11-7-4-3-5-8-11/h3-5,7-8H,2,6,9-10H2,1H3. The number of aryl methyl sites for hydroxylation is 1. The van der Waals surface area contributed by atoms with Crippen LogP contribution in [0.25, 0.3) is 0 Å². The molecular formula is C13H16ClN3O. The van der Waals surface area contributed by atoms with Crippen LogP contribution >= 0.6 is 11.6 Å². The van der Waals surface area contributed by atoms with Gasteiger partial charge in [-0.05, 0) is 30.2 Å². The molecule has 0 N–H and O–H groups in total. The van der Waals surface area contributed by atoms with E-state index in [0.29, 0.717) is 18.4 Å². The Morgan fingerprint density at radius 1 is 1.22 bits per heavy atom. The van der Waals surface area contributed by atoms with Crippen molar-refractivity contribution in [1.82, 2.24) is 14.8 Å². The second-order valence-electron chi connectivity index (χ2n) is 3.95. The SMILES string of the molecule is CCCc1nnc(Cl)n1CCOc1ccccc1. The molecule has 0 aliphatic rings. The van der Waals surface area contributed by atoms with Crippen LogP contribution in [0, 0.1) is 0 Å². The fraction of sp³-hybridized carbons (Fsp3) is 0.385. The highest BCUT2D eigenvalue weighted by Crippen LogP contribution is 2.12. The molecule has 2 rings (SSSR count). The minimum absolute atomic E-state index is 0.426. The van der Waals surface area contributed by atoms with E-state index < -0.39 is 0 Å². The van der Waals surface area contributed by atoms with E-state index in [1.54, 1.807) is 0 Å². The van der Waals surface area contributed by atoms with Crippen LogP contribution in [0.2, 0.25) is 5.28 Å². The molecule has 0 aliphatic heterocycles. The van der Waals surface area contributed by atoms with Crippen LogP contribution in [0.15, 0.2) is 30.3 Å². The molecular weight excluding hydrogens is 250 g/mol. The van der Waals surface area contributed by atoms with Gasteiger partial charge in [-0.15, -0.1) is 10.2 Å². The average Bonchev–Trinajstić information content (AvgIpc) is 2.73. The number of hydrogen-bond acceptors (Lipinski definition) is 3. The van der Waals surface area contributed by atoms with E-state index in [-0.39, 0.29) is 0 Å². The van der Waals surface area contributed by atoms with Gasteiger partial charge >= 0.3 is 0 Å². The predicted octanol–water partition coefficient (Wildman–Crippen LogP) is 2.96. The van der Waals surface area contributed by atoms with Crippen molar-refractivity contribution in [3.8, 4) is 5.75 Å². The Hall–Kier alpha value is -1.55. The van der Waals surface area contributed by atoms with E-state index in [1.165, 1.54) is 0 Å². The van der Waals surface area contributed by atoms with Crippen molar-refractivity contribution in [2.75, 3.05) is 6.61 Å². The van der Waals surface area contributed by atoms with Crippen LogP contribution in [0.5, 0.6) is 5.75 Å². The van der Waals surface area contributed by atoms with Crippen molar-refractivity contribution in [1.29, 1.82) is 0 Å². The number of benzene rings is 1. The Labute approximate surface area is 112 Å². The Morgan fingerprint density at radius 3 is 2.72 bits per heavy atom. The molecule has 18 heavy (non-hydrogen) atoms. The van der Waals surface area contributed by atoms with Gasteiger partial charge < -0.3 is 4.74 Å². The monoisotopic (exact) mass is 265 g/mol. The fourth-order valence-electron chi connectivity index (χ4n) is 1.71. The molecule has 0 saturated heterocycles. The molecule has 1 aromatic carbocycles.